The smallest absolute Gasteiger partial charge is 0.295 e. The number of aryl methyl sites for hydroxylation is 1. The van der Waals surface area contributed by atoms with Crippen molar-refractivity contribution in [3.8, 4) is 0 Å². The number of nitrogens with one attached hydrogen (secondary N) is 1. The summed E-state index contributed by atoms with van der Waals surface area (Å²) in [5.41, 5.74) is 0.663. The maximum Gasteiger partial charge on any atom is 0.295 e. The highest BCUT2D eigenvalue weighted by atomic mass is 32.1. The van der Waals surface area contributed by atoms with Crippen molar-refractivity contribution in [2.24, 2.45) is 0 Å². The summed E-state index contributed by atoms with van der Waals surface area (Å²) in [6.07, 6.45) is 1.72. The molecule has 3 heterocycles. The molecular formula is C13H12N4O3S. The van der Waals surface area contributed by atoms with Crippen LogP contribution in [0.1, 0.15) is 17.1 Å². The fraction of sp³-hybridized carbons (Fsp3) is 0.231. The van der Waals surface area contributed by atoms with Gasteiger partial charge in [0.15, 0.2) is 0 Å². The Morgan fingerprint density at radius 3 is 3.14 bits per heavy atom. The summed E-state index contributed by atoms with van der Waals surface area (Å²) in [6.45, 7) is 1.94. The Kier molecular flexibility index (Phi) is 3.53. The van der Waals surface area contributed by atoms with Crippen molar-refractivity contribution < 1.29 is 9.21 Å². The summed E-state index contributed by atoms with van der Waals surface area (Å²) in [5.74, 6) is 0.544. The molecule has 0 saturated carbocycles. The molecule has 3 aromatic heterocycles. The SMILES string of the molecule is Cc1nn2c(CC(=O)NCc3ccco3)csc2nc1=O. The molecule has 0 aliphatic rings. The van der Waals surface area contributed by atoms with E-state index in [2.05, 4.69) is 15.4 Å². The molecule has 7 nitrogen and oxygen atoms in total. The molecule has 1 N–H and O–H groups in total. The number of furan rings is 1. The first kappa shape index (κ1) is 13.5. The first-order chi connectivity index (χ1) is 10.1. The number of fused-ring (bicyclic) bond motifs is 1. The van der Waals surface area contributed by atoms with Gasteiger partial charge in [-0.2, -0.15) is 10.1 Å². The van der Waals surface area contributed by atoms with Crippen molar-refractivity contribution in [1.82, 2.24) is 19.9 Å². The van der Waals surface area contributed by atoms with E-state index in [4.69, 9.17) is 4.42 Å². The van der Waals surface area contributed by atoms with E-state index in [0.29, 0.717) is 28.7 Å². The van der Waals surface area contributed by atoms with Crippen molar-refractivity contribution in [2.75, 3.05) is 0 Å². The second kappa shape index (κ2) is 5.49. The van der Waals surface area contributed by atoms with Crippen LogP contribution in [0.4, 0.5) is 0 Å². The van der Waals surface area contributed by atoms with E-state index in [1.54, 1.807) is 30.7 Å². The normalized spacial score (nSPS) is 10.9. The minimum Gasteiger partial charge on any atom is -0.467 e. The highest BCUT2D eigenvalue weighted by Gasteiger charge is 2.11. The zero-order chi connectivity index (χ0) is 14.8. The molecule has 0 aliphatic heterocycles. The summed E-state index contributed by atoms with van der Waals surface area (Å²) in [5, 5.41) is 8.69. The number of hydrogen-bond donors (Lipinski definition) is 1. The Balaban J connectivity index is 1.74. The number of thiazole rings is 1. The third-order valence-corrected chi connectivity index (χ3v) is 3.76. The van der Waals surface area contributed by atoms with Crippen LogP contribution in [0.2, 0.25) is 0 Å². The Morgan fingerprint density at radius 2 is 2.38 bits per heavy atom. The van der Waals surface area contributed by atoms with Crippen LogP contribution >= 0.6 is 11.3 Å². The molecule has 3 rings (SSSR count). The molecule has 0 unspecified atom stereocenters. The van der Waals surface area contributed by atoms with Gasteiger partial charge in [-0.15, -0.1) is 11.3 Å². The largest absolute Gasteiger partial charge is 0.467 e. The topological polar surface area (TPSA) is 89.5 Å². The second-order valence-corrected chi connectivity index (χ2v) is 5.29. The van der Waals surface area contributed by atoms with Crippen LogP contribution in [0.3, 0.4) is 0 Å². The first-order valence-electron chi connectivity index (χ1n) is 6.26. The number of hydrogen-bond acceptors (Lipinski definition) is 6. The van der Waals surface area contributed by atoms with Gasteiger partial charge in [0, 0.05) is 5.38 Å². The third-order valence-electron chi connectivity index (χ3n) is 2.89. The third kappa shape index (κ3) is 2.84. The van der Waals surface area contributed by atoms with Gasteiger partial charge < -0.3 is 9.73 Å². The molecule has 0 radical (unpaired) electrons. The minimum atomic E-state index is -0.342. The second-order valence-electron chi connectivity index (χ2n) is 4.46. The lowest BCUT2D eigenvalue weighted by Crippen LogP contribution is -2.25. The Bertz CT molecular complexity index is 835. The van der Waals surface area contributed by atoms with Crippen molar-refractivity contribution in [2.45, 2.75) is 19.9 Å². The van der Waals surface area contributed by atoms with Crippen molar-refractivity contribution >= 4 is 22.2 Å². The van der Waals surface area contributed by atoms with E-state index in [1.165, 1.54) is 15.9 Å². The van der Waals surface area contributed by atoms with Crippen molar-refractivity contribution in [3.05, 3.63) is 51.3 Å². The number of rotatable bonds is 4. The molecule has 0 aromatic carbocycles. The average Bonchev–Trinajstić information content (AvgIpc) is 3.09. The summed E-state index contributed by atoms with van der Waals surface area (Å²) < 4.78 is 6.68. The van der Waals surface area contributed by atoms with E-state index in [9.17, 15) is 9.59 Å². The molecule has 0 atom stereocenters. The Morgan fingerprint density at radius 1 is 1.52 bits per heavy atom. The van der Waals surface area contributed by atoms with Crippen LogP contribution in [0.5, 0.6) is 0 Å². The van der Waals surface area contributed by atoms with E-state index < -0.39 is 0 Å². The van der Waals surface area contributed by atoms with Crippen LogP contribution in [0, 0.1) is 6.92 Å². The molecule has 0 bridgehead atoms. The standard InChI is InChI=1S/C13H12N4O3S/c1-8-12(19)15-13-17(16-8)9(7-21-13)5-11(18)14-6-10-3-2-4-20-10/h2-4,7H,5-6H2,1H3,(H,14,18). The van der Waals surface area contributed by atoms with Crippen molar-refractivity contribution in [3.63, 3.8) is 0 Å². The van der Waals surface area contributed by atoms with Crippen molar-refractivity contribution in [1.29, 1.82) is 0 Å². The Labute approximate surface area is 123 Å². The predicted octanol–water partition coefficient (Wildman–Crippen LogP) is 0.911. The average molecular weight is 304 g/mol. The van der Waals surface area contributed by atoms with Gasteiger partial charge in [0.2, 0.25) is 10.9 Å². The lowest BCUT2D eigenvalue weighted by atomic mass is 10.3. The van der Waals surface area contributed by atoms with Gasteiger partial charge in [0.25, 0.3) is 5.56 Å². The highest BCUT2D eigenvalue weighted by Crippen LogP contribution is 2.12. The molecular weight excluding hydrogens is 292 g/mol. The summed E-state index contributed by atoms with van der Waals surface area (Å²) in [7, 11) is 0. The van der Waals surface area contributed by atoms with Gasteiger partial charge in [-0.3, -0.25) is 9.59 Å². The number of nitrogens with zero attached hydrogens (tertiary/aromatic N) is 3. The monoisotopic (exact) mass is 304 g/mol. The zero-order valence-electron chi connectivity index (χ0n) is 11.2. The predicted molar refractivity (Wildman–Crippen MR) is 76.1 cm³/mol. The van der Waals surface area contributed by atoms with Gasteiger partial charge in [-0.05, 0) is 19.1 Å². The molecule has 0 aliphatic carbocycles. The lowest BCUT2D eigenvalue weighted by molar-refractivity contribution is -0.120. The summed E-state index contributed by atoms with van der Waals surface area (Å²) >= 11 is 1.29. The van der Waals surface area contributed by atoms with E-state index in [0.717, 1.165) is 0 Å². The molecule has 0 fully saturated rings. The quantitative estimate of drug-likeness (QED) is 0.774. The lowest BCUT2D eigenvalue weighted by Gasteiger charge is -2.03. The molecule has 3 aromatic rings. The molecule has 8 heteroatoms. The van der Waals surface area contributed by atoms with Gasteiger partial charge in [-0.25, -0.2) is 4.52 Å². The molecule has 0 saturated heterocycles. The molecule has 1 amide bonds. The van der Waals surface area contributed by atoms with Crippen LogP contribution < -0.4 is 10.9 Å². The van der Waals surface area contributed by atoms with Crippen LogP contribution in [-0.4, -0.2) is 20.5 Å². The van der Waals surface area contributed by atoms with Gasteiger partial charge in [-0.1, -0.05) is 0 Å². The van der Waals surface area contributed by atoms with E-state index in [1.807, 2.05) is 0 Å². The van der Waals surface area contributed by atoms with Gasteiger partial charge >= 0.3 is 0 Å². The number of carbonyl (C=O) groups is 1. The summed E-state index contributed by atoms with van der Waals surface area (Å²) in [4.78, 5) is 27.8. The number of carbonyl (C=O) groups excluding carboxylic acids is 1. The molecule has 0 spiro atoms. The maximum atomic E-state index is 11.9. The maximum absolute atomic E-state index is 11.9. The number of amides is 1. The fourth-order valence-electron chi connectivity index (χ4n) is 1.83. The van der Waals surface area contributed by atoms with Gasteiger partial charge in [0.1, 0.15) is 11.5 Å². The highest BCUT2D eigenvalue weighted by molar-refractivity contribution is 7.15. The van der Waals surface area contributed by atoms with Gasteiger partial charge in [0.05, 0.1) is 24.9 Å². The minimum absolute atomic E-state index is 0.149. The van der Waals surface area contributed by atoms with E-state index >= 15 is 0 Å². The zero-order valence-corrected chi connectivity index (χ0v) is 12.0. The summed E-state index contributed by atoms with van der Waals surface area (Å²) in [6, 6.07) is 3.56. The van der Waals surface area contributed by atoms with Crippen LogP contribution in [0.15, 0.2) is 33.0 Å². The van der Waals surface area contributed by atoms with E-state index in [-0.39, 0.29) is 17.9 Å². The first-order valence-corrected chi connectivity index (χ1v) is 7.14. The van der Waals surface area contributed by atoms with Crippen LogP contribution in [0.25, 0.3) is 4.96 Å². The Hall–Kier alpha value is -2.48. The molecule has 21 heavy (non-hydrogen) atoms. The van der Waals surface area contributed by atoms with Crippen LogP contribution in [-0.2, 0) is 17.8 Å². The molecule has 108 valence electrons. The fourth-order valence-corrected chi connectivity index (χ4v) is 2.65. The number of aromatic nitrogens is 3.